The number of oxazole rings is 2. The molecule has 0 unspecified atom stereocenters. The molecule has 5 nitrogen and oxygen atoms in total. The Morgan fingerprint density at radius 1 is 1.08 bits per heavy atom. The molecule has 0 spiro atoms. The third-order valence-corrected chi connectivity index (χ3v) is 4.64. The molecule has 120 valence electrons. The van der Waals surface area contributed by atoms with E-state index < -0.39 is 0 Å². The standard InChI is InChI=1S/C17H12ClN3O2S/c1-10-13(20-16(22-10)11-5-2-3-6-12(11)18)9-24-17-21-15-14(23-17)7-4-8-19-15/h2-8H,9H2,1H3. The van der Waals surface area contributed by atoms with Crippen molar-refractivity contribution < 1.29 is 8.83 Å². The van der Waals surface area contributed by atoms with Gasteiger partial charge >= 0.3 is 0 Å². The zero-order valence-corrected chi connectivity index (χ0v) is 14.3. The second-order valence-electron chi connectivity index (χ2n) is 5.10. The van der Waals surface area contributed by atoms with E-state index in [1.165, 1.54) is 11.8 Å². The number of benzene rings is 1. The van der Waals surface area contributed by atoms with Crippen molar-refractivity contribution >= 4 is 34.6 Å². The van der Waals surface area contributed by atoms with Gasteiger partial charge in [-0.2, -0.15) is 4.98 Å². The SMILES string of the molecule is Cc1oc(-c2ccccc2Cl)nc1CSc1nc2ncccc2o1. The number of aryl methyl sites for hydroxylation is 1. The molecule has 7 heteroatoms. The quantitative estimate of drug-likeness (QED) is 0.471. The smallest absolute Gasteiger partial charge is 0.258 e. The van der Waals surface area contributed by atoms with Gasteiger partial charge in [-0.3, -0.25) is 0 Å². The van der Waals surface area contributed by atoms with Gasteiger partial charge < -0.3 is 8.83 Å². The summed E-state index contributed by atoms with van der Waals surface area (Å²) in [6.07, 6.45) is 1.69. The third-order valence-electron chi connectivity index (χ3n) is 3.47. The molecule has 0 saturated heterocycles. The Morgan fingerprint density at radius 2 is 1.96 bits per heavy atom. The molecule has 3 heterocycles. The number of hydrogen-bond acceptors (Lipinski definition) is 6. The summed E-state index contributed by atoms with van der Waals surface area (Å²) in [5.41, 5.74) is 2.90. The van der Waals surface area contributed by atoms with Gasteiger partial charge in [-0.1, -0.05) is 35.5 Å². The summed E-state index contributed by atoms with van der Waals surface area (Å²) in [5.74, 6) is 1.87. The molecule has 24 heavy (non-hydrogen) atoms. The Balaban J connectivity index is 1.56. The molecule has 0 amide bonds. The van der Waals surface area contributed by atoms with E-state index in [4.69, 9.17) is 20.4 Å². The van der Waals surface area contributed by atoms with E-state index in [-0.39, 0.29) is 0 Å². The van der Waals surface area contributed by atoms with Crippen molar-refractivity contribution in [3.05, 3.63) is 59.1 Å². The van der Waals surface area contributed by atoms with Gasteiger partial charge in [-0.25, -0.2) is 9.97 Å². The number of thioether (sulfide) groups is 1. The summed E-state index contributed by atoms with van der Waals surface area (Å²) in [7, 11) is 0. The number of pyridine rings is 1. The zero-order valence-electron chi connectivity index (χ0n) is 12.7. The van der Waals surface area contributed by atoms with E-state index in [0.29, 0.717) is 33.1 Å². The first kappa shape index (κ1) is 15.2. The van der Waals surface area contributed by atoms with Gasteiger partial charge in [-0.05, 0) is 31.2 Å². The van der Waals surface area contributed by atoms with Gasteiger partial charge in [0.15, 0.2) is 11.2 Å². The lowest BCUT2D eigenvalue weighted by Gasteiger charge is -1.97. The van der Waals surface area contributed by atoms with E-state index in [9.17, 15) is 0 Å². The summed E-state index contributed by atoms with van der Waals surface area (Å²) < 4.78 is 11.4. The van der Waals surface area contributed by atoms with Gasteiger partial charge in [0.05, 0.1) is 16.3 Å². The average molecular weight is 358 g/mol. The van der Waals surface area contributed by atoms with Crippen molar-refractivity contribution in [2.75, 3.05) is 0 Å². The van der Waals surface area contributed by atoms with Crippen LogP contribution in [0.15, 0.2) is 56.7 Å². The highest BCUT2D eigenvalue weighted by molar-refractivity contribution is 7.98. The topological polar surface area (TPSA) is 65.0 Å². The molecule has 4 rings (SSSR count). The maximum absolute atomic E-state index is 6.20. The van der Waals surface area contributed by atoms with Gasteiger partial charge in [0.25, 0.3) is 5.22 Å². The minimum Gasteiger partial charge on any atom is -0.441 e. The fraction of sp³-hybridized carbons (Fsp3) is 0.118. The Hall–Kier alpha value is -2.31. The molecule has 1 aromatic carbocycles. The molecule has 0 aliphatic rings. The predicted octanol–water partition coefficient (Wildman–Crippen LogP) is 5.13. The van der Waals surface area contributed by atoms with Crippen LogP contribution in [0.4, 0.5) is 0 Å². The molecule has 0 aliphatic carbocycles. The third kappa shape index (κ3) is 2.90. The summed E-state index contributed by atoms with van der Waals surface area (Å²) >= 11 is 7.65. The molecule has 0 fully saturated rings. The lowest BCUT2D eigenvalue weighted by molar-refractivity contribution is 0.489. The first-order valence-corrected chi connectivity index (χ1v) is 8.62. The van der Waals surface area contributed by atoms with Crippen molar-refractivity contribution in [1.29, 1.82) is 0 Å². The first-order valence-electron chi connectivity index (χ1n) is 7.26. The lowest BCUT2D eigenvalue weighted by Crippen LogP contribution is -1.85. The summed E-state index contributed by atoms with van der Waals surface area (Å²) in [5, 5.41) is 1.17. The van der Waals surface area contributed by atoms with Gasteiger partial charge in [0, 0.05) is 11.9 Å². The van der Waals surface area contributed by atoms with Crippen LogP contribution in [0.25, 0.3) is 22.7 Å². The molecular weight excluding hydrogens is 346 g/mol. The van der Waals surface area contributed by atoms with E-state index >= 15 is 0 Å². The molecule has 3 aromatic heterocycles. The highest BCUT2D eigenvalue weighted by atomic mass is 35.5. The average Bonchev–Trinajstić information content (AvgIpc) is 3.16. The second kappa shape index (κ2) is 6.30. The van der Waals surface area contributed by atoms with E-state index in [2.05, 4.69) is 15.0 Å². The zero-order chi connectivity index (χ0) is 16.5. The molecule has 0 aliphatic heterocycles. The Bertz CT molecular complexity index is 979. The van der Waals surface area contributed by atoms with Crippen LogP contribution >= 0.6 is 23.4 Å². The monoisotopic (exact) mass is 357 g/mol. The minimum atomic E-state index is 0.521. The van der Waals surface area contributed by atoms with Crippen molar-refractivity contribution in [1.82, 2.24) is 15.0 Å². The fourth-order valence-corrected chi connectivity index (χ4v) is 3.30. The van der Waals surface area contributed by atoms with Crippen LogP contribution in [-0.4, -0.2) is 15.0 Å². The Kier molecular flexibility index (Phi) is 4.00. The van der Waals surface area contributed by atoms with Crippen LogP contribution in [0.1, 0.15) is 11.5 Å². The van der Waals surface area contributed by atoms with Crippen LogP contribution in [0.3, 0.4) is 0 Å². The number of fused-ring (bicyclic) bond motifs is 1. The van der Waals surface area contributed by atoms with E-state index in [1.807, 2.05) is 43.3 Å². The number of hydrogen-bond donors (Lipinski definition) is 0. The van der Waals surface area contributed by atoms with Crippen LogP contribution in [-0.2, 0) is 5.75 Å². The van der Waals surface area contributed by atoms with E-state index in [0.717, 1.165) is 17.0 Å². The van der Waals surface area contributed by atoms with Gasteiger partial charge in [-0.15, -0.1) is 0 Å². The number of halogens is 1. The largest absolute Gasteiger partial charge is 0.441 e. The summed E-state index contributed by atoms with van der Waals surface area (Å²) in [6.45, 7) is 1.89. The molecule has 0 N–H and O–H groups in total. The minimum absolute atomic E-state index is 0.521. The van der Waals surface area contributed by atoms with Crippen LogP contribution in [0.2, 0.25) is 5.02 Å². The highest BCUT2D eigenvalue weighted by Crippen LogP contribution is 2.31. The normalized spacial score (nSPS) is 11.2. The van der Waals surface area contributed by atoms with Gasteiger partial charge in [0.1, 0.15) is 5.76 Å². The number of aromatic nitrogens is 3. The molecule has 4 aromatic rings. The predicted molar refractivity (Wildman–Crippen MR) is 93.1 cm³/mol. The van der Waals surface area contributed by atoms with Crippen molar-refractivity contribution in [3.8, 4) is 11.5 Å². The summed E-state index contributed by atoms with van der Waals surface area (Å²) in [6, 6.07) is 11.1. The number of rotatable bonds is 4. The maximum atomic E-state index is 6.20. The van der Waals surface area contributed by atoms with Crippen LogP contribution in [0.5, 0.6) is 0 Å². The molecule has 0 bridgehead atoms. The first-order chi connectivity index (χ1) is 11.7. The highest BCUT2D eigenvalue weighted by Gasteiger charge is 2.15. The second-order valence-corrected chi connectivity index (χ2v) is 6.43. The maximum Gasteiger partial charge on any atom is 0.258 e. The van der Waals surface area contributed by atoms with E-state index in [1.54, 1.807) is 6.20 Å². The number of nitrogens with zero attached hydrogens (tertiary/aromatic N) is 3. The van der Waals surface area contributed by atoms with Crippen LogP contribution < -0.4 is 0 Å². The molecule has 0 saturated carbocycles. The van der Waals surface area contributed by atoms with Crippen molar-refractivity contribution in [2.24, 2.45) is 0 Å². The lowest BCUT2D eigenvalue weighted by atomic mass is 10.2. The van der Waals surface area contributed by atoms with Crippen molar-refractivity contribution in [3.63, 3.8) is 0 Å². The molecule has 0 atom stereocenters. The molecule has 0 radical (unpaired) electrons. The van der Waals surface area contributed by atoms with Crippen molar-refractivity contribution in [2.45, 2.75) is 17.9 Å². The van der Waals surface area contributed by atoms with Crippen LogP contribution in [0, 0.1) is 6.92 Å². The summed E-state index contributed by atoms with van der Waals surface area (Å²) in [4.78, 5) is 13.1. The van der Waals surface area contributed by atoms with Gasteiger partial charge in [0.2, 0.25) is 5.89 Å². The Labute approximate surface area is 147 Å². The Morgan fingerprint density at radius 3 is 2.79 bits per heavy atom. The molecular formula is C17H12ClN3O2S. The fourth-order valence-electron chi connectivity index (χ4n) is 2.25.